The third-order valence-electron chi connectivity index (χ3n) is 8.02. The van der Waals surface area contributed by atoms with Gasteiger partial charge < -0.3 is 10.2 Å². The molecule has 1 aliphatic rings. The maximum absolute atomic E-state index is 14.3. The fourth-order valence-corrected chi connectivity index (χ4v) is 6.50. The van der Waals surface area contributed by atoms with Crippen LogP contribution in [0.2, 0.25) is 5.02 Å². The topological polar surface area (TPSA) is 86.8 Å². The van der Waals surface area contributed by atoms with Gasteiger partial charge in [0.15, 0.2) is 0 Å². The number of nitrogens with one attached hydrogen (secondary N) is 1. The highest BCUT2D eigenvalue weighted by Crippen LogP contribution is 2.24. The average Bonchev–Trinajstić information content (AvgIpc) is 2.99. The number of halogens is 1. The van der Waals surface area contributed by atoms with E-state index in [9.17, 15) is 18.0 Å². The Morgan fingerprint density at radius 3 is 2.09 bits per heavy atom. The summed E-state index contributed by atoms with van der Waals surface area (Å²) < 4.78 is 27.2. The lowest BCUT2D eigenvalue weighted by atomic mass is 9.94. The minimum atomic E-state index is -3.82. The summed E-state index contributed by atoms with van der Waals surface area (Å²) in [6.07, 6.45) is 6.46. The molecule has 0 spiro atoms. The number of carbonyl (C=O) groups is 2. The van der Waals surface area contributed by atoms with Gasteiger partial charge in [-0.25, -0.2) is 8.42 Å². The van der Waals surface area contributed by atoms with Gasteiger partial charge in [-0.05, 0) is 59.7 Å². The van der Waals surface area contributed by atoms with Crippen molar-refractivity contribution in [3.05, 3.63) is 101 Å². The largest absolute Gasteiger partial charge is 0.352 e. The second-order valence-electron chi connectivity index (χ2n) is 11.7. The first-order chi connectivity index (χ1) is 20.5. The van der Waals surface area contributed by atoms with Crippen molar-refractivity contribution < 1.29 is 18.0 Å². The van der Waals surface area contributed by atoms with Crippen molar-refractivity contribution in [2.45, 2.75) is 76.9 Å². The number of amides is 2. The van der Waals surface area contributed by atoms with Crippen LogP contribution in [0.3, 0.4) is 0 Å². The lowest BCUT2D eigenvalue weighted by Crippen LogP contribution is -2.55. The molecule has 0 radical (unpaired) electrons. The first kappa shape index (κ1) is 32.6. The molecule has 1 N–H and O–H groups in total. The quantitative estimate of drug-likeness (QED) is 0.256. The van der Waals surface area contributed by atoms with Gasteiger partial charge in [0.05, 0.1) is 11.9 Å². The molecule has 1 atom stereocenters. The third kappa shape index (κ3) is 9.31. The lowest BCUT2D eigenvalue weighted by molar-refractivity contribution is -0.140. The molecule has 0 heterocycles. The molecule has 0 bridgehead atoms. The average molecular weight is 624 g/mol. The molecule has 9 heteroatoms. The number of hydrogen-bond donors (Lipinski definition) is 1. The van der Waals surface area contributed by atoms with Crippen LogP contribution in [0.5, 0.6) is 0 Å². The van der Waals surface area contributed by atoms with Crippen LogP contribution in [0.25, 0.3) is 0 Å². The van der Waals surface area contributed by atoms with E-state index in [0.29, 0.717) is 17.1 Å². The third-order valence-corrected chi connectivity index (χ3v) is 9.41. The standard InChI is InChI=1S/C34H42ClN3O4S/c1-25(2)28-16-20-31(21-17-28)38(43(3,41)42)24-33(39)37(23-27-14-18-29(35)19-15-27)32(22-26-10-6-4-7-11-26)34(40)36-30-12-8-5-9-13-30/h4,6-7,10-11,14-21,25,30,32H,5,8-9,12-13,22-24H2,1-3H3,(H,36,40)/t32-/m0/s1. The van der Waals surface area contributed by atoms with Crippen molar-refractivity contribution >= 4 is 39.1 Å². The van der Waals surface area contributed by atoms with Crippen molar-refractivity contribution in [2.24, 2.45) is 0 Å². The summed E-state index contributed by atoms with van der Waals surface area (Å²) in [7, 11) is -3.82. The zero-order valence-electron chi connectivity index (χ0n) is 25.2. The van der Waals surface area contributed by atoms with E-state index in [4.69, 9.17) is 11.6 Å². The Morgan fingerprint density at radius 2 is 1.51 bits per heavy atom. The highest BCUT2D eigenvalue weighted by atomic mass is 35.5. The van der Waals surface area contributed by atoms with E-state index in [0.717, 1.165) is 59.4 Å². The van der Waals surface area contributed by atoms with Gasteiger partial charge in [0.1, 0.15) is 12.6 Å². The molecular weight excluding hydrogens is 582 g/mol. The molecule has 3 aromatic rings. The van der Waals surface area contributed by atoms with Gasteiger partial charge in [0, 0.05) is 24.0 Å². The Bertz CT molecular complexity index is 1460. The van der Waals surface area contributed by atoms with Gasteiger partial charge in [-0.2, -0.15) is 0 Å². The summed E-state index contributed by atoms with van der Waals surface area (Å²) >= 11 is 6.14. The Morgan fingerprint density at radius 1 is 0.884 bits per heavy atom. The van der Waals surface area contributed by atoms with Crippen LogP contribution in [0.4, 0.5) is 5.69 Å². The van der Waals surface area contributed by atoms with Crippen LogP contribution in [-0.4, -0.2) is 50.0 Å². The number of hydrogen-bond acceptors (Lipinski definition) is 4. The smallest absolute Gasteiger partial charge is 0.244 e. The second-order valence-corrected chi connectivity index (χ2v) is 14.1. The molecule has 0 aromatic heterocycles. The number of benzene rings is 3. The molecule has 1 fully saturated rings. The maximum atomic E-state index is 14.3. The highest BCUT2D eigenvalue weighted by molar-refractivity contribution is 7.92. The van der Waals surface area contributed by atoms with Crippen LogP contribution in [0, 0.1) is 0 Å². The number of nitrogens with zero attached hydrogens (tertiary/aromatic N) is 2. The van der Waals surface area contributed by atoms with Crippen LogP contribution in [-0.2, 0) is 32.6 Å². The van der Waals surface area contributed by atoms with Crippen molar-refractivity contribution in [3.63, 3.8) is 0 Å². The van der Waals surface area contributed by atoms with Crippen molar-refractivity contribution in [1.29, 1.82) is 0 Å². The van der Waals surface area contributed by atoms with Gasteiger partial charge in [0.25, 0.3) is 0 Å². The predicted octanol–water partition coefficient (Wildman–Crippen LogP) is 6.32. The van der Waals surface area contributed by atoms with Gasteiger partial charge in [-0.3, -0.25) is 13.9 Å². The SMILES string of the molecule is CC(C)c1ccc(N(CC(=O)N(Cc2ccc(Cl)cc2)[C@@H](Cc2ccccc2)C(=O)NC2CCCCC2)S(C)(=O)=O)cc1. The van der Waals surface area contributed by atoms with E-state index in [1.807, 2.05) is 54.6 Å². The first-order valence-electron chi connectivity index (χ1n) is 15.0. The monoisotopic (exact) mass is 623 g/mol. The summed E-state index contributed by atoms with van der Waals surface area (Å²) in [5.74, 6) is -0.419. The Kier molecular flexibility index (Phi) is 11.3. The molecule has 1 saturated carbocycles. The van der Waals surface area contributed by atoms with E-state index in [1.165, 1.54) is 4.90 Å². The fourth-order valence-electron chi connectivity index (χ4n) is 5.52. The van der Waals surface area contributed by atoms with Crippen LogP contribution >= 0.6 is 11.6 Å². The molecule has 43 heavy (non-hydrogen) atoms. The number of carbonyl (C=O) groups excluding carboxylic acids is 2. The molecule has 0 saturated heterocycles. The number of sulfonamides is 1. The first-order valence-corrected chi connectivity index (χ1v) is 17.2. The normalized spacial score (nSPS) is 14.7. The molecule has 230 valence electrons. The van der Waals surface area contributed by atoms with Crippen molar-refractivity contribution in [2.75, 3.05) is 17.1 Å². The molecule has 0 unspecified atom stereocenters. The fraction of sp³-hybridized carbons (Fsp3) is 0.412. The molecular formula is C34H42ClN3O4S. The van der Waals surface area contributed by atoms with Crippen LogP contribution in [0.15, 0.2) is 78.9 Å². The minimum Gasteiger partial charge on any atom is -0.352 e. The Hall–Kier alpha value is -3.36. The van der Waals surface area contributed by atoms with E-state index >= 15 is 0 Å². The maximum Gasteiger partial charge on any atom is 0.244 e. The molecule has 7 nitrogen and oxygen atoms in total. The van der Waals surface area contributed by atoms with Crippen molar-refractivity contribution in [1.82, 2.24) is 10.2 Å². The van der Waals surface area contributed by atoms with Crippen LogP contribution in [0.1, 0.15) is 68.6 Å². The Balaban J connectivity index is 1.71. The van der Waals surface area contributed by atoms with E-state index < -0.39 is 28.5 Å². The molecule has 0 aliphatic heterocycles. The van der Waals surface area contributed by atoms with E-state index in [-0.39, 0.29) is 24.4 Å². The van der Waals surface area contributed by atoms with Gasteiger partial charge >= 0.3 is 0 Å². The Labute approximate surface area is 261 Å². The molecule has 3 aromatic carbocycles. The second kappa shape index (κ2) is 14.9. The van der Waals surface area contributed by atoms with Crippen LogP contribution < -0.4 is 9.62 Å². The molecule has 1 aliphatic carbocycles. The summed E-state index contributed by atoms with van der Waals surface area (Å²) in [4.78, 5) is 29.8. The summed E-state index contributed by atoms with van der Waals surface area (Å²) in [5, 5.41) is 3.78. The number of rotatable bonds is 12. The highest BCUT2D eigenvalue weighted by Gasteiger charge is 2.34. The molecule has 4 rings (SSSR count). The summed E-state index contributed by atoms with van der Waals surface area (Å²) in [6.45, 7) is 3.81. The summed E-state index contributed by atoms with van der Waals surface area (Å²) in [5.41, 5.74) is 3.16. The van der Waals surface area contributed by atoms with Gasteiger partial charge in [-0.15, -0.1) is 0 Å². The minimum absolute atomic E-state index is 0.0546. The van der Waals surface area contributed by atoms with E-state index in [1.54, 1.807) is 24.3 Å². The van der Waals surface area contributed by atoms with Crippen molar-refractivity contribution in [3.8, 4) is 0 Å². The predicted molar refractivity (Wildman–Crippen MR) is 174 cm³/mol. The van der Waals surface area contributed by atoms with Gasteiger partial charge in [-0.1, -0.05) is 99.3 Å². The zero-order valence-corrected chi connectivity index (χ0v) is 26.8. The molecule has 2 amide bonds. The van der Waals surface area contributed by atoms with E-state index in [2.05, 4.69) is 19.2 Å². The lowest BCUT2D eigenvalue weighted by Gasteiger charge is -2.35. The van der Waals surface area contributed by atoms with Gasteiger partial charge in [0.2, 0.25) is 21.8 Å². The zero-order chi connectivity index (χ0) is 31.0. The number of anilines is 1. The summed E-state index contributed by atoms with van der Waals surface area (Å²) in [6, 6.07) is 23.1.